The Morgan fingerprint density at radius 1 is 1.05 bits per heavy atom. The minimum absolute atomic E-state index is 1.01. The maximum Gasteiger partial charge on any atom is 0.137 e. The van der Waals surface area contributed by atoms with Crippen LogP contribution in [0.2, 0.25) is 0 Å². The molecule has 0 fully saturated rings. The molecule has 2 nitrogen and oxygen atoms in total. The van der Waals surface area contributed by atoms with Crippen molar-refractivity contribution in [1.82, 2.24) is 9.55 Å². The molecule has 2 heteroatoms. The SMILES string of the molecule is CCCCc1cc2ccccc2n1-c1ccccn1. The molecule has 0 unspecified atom stereocenters. The monoisotopic (exact) mass is 250 g/mol. The number of hydrogen-bond donors (Lipinski definition) is 0. The molecule has 2 aromatic heterocycles. The highest BCUT2D eigenvalue weighted by molar-refractivity contribution is 5.83. The molecule has 0 N–H and O–H groups in total. The first-order chi connectivity index (χ1) is 9.40. The number of aryl methyl sites for hydroxylation is 1. The number of rotatable bonds is 4. The van der Waals surface area contributed by atoms with Gasteiger partial charge in [0.1, 0.15) is 5.82 Å². The number of pyridine rings is 1. The minimum atomic E-state index is 1.01. The molecule has 96 valence electrons. The summed E-state index contributed by atoms with van der Waals surface area (Å²) in [6.45, 7) is 2.23. The van der Waals surface area contributed by atoms with Gasteiger partial charge in [-0.2, -0.15) is 0 Å². The molecule has 0 amide bonds. The third-order valence-electron chi connectivity index (χ3n) is 3.45. The highest BCUT2D eigenvalue weighted by atomic mass is 15.1. The van der Waals surface area contributed by atoms with E-state index < -0.39 is 0 Å². The van der Waals surface area contributed by atoms with Crippen molar-refractivity contribution in [2.75, 3.05) is 0 Å². The van der Waals surface area contributed by atoms with Gasteiger partial charge in [0, 0.05) is 17.3 Å². The zero-order valence-corrected chi connectivity index (χ0v) is 11.2. The lowest BCUT2D eigenvalue weighted by Gasteiger charge is -2.09. The van der Waals surface area contributed by atoms with Crippen LogP contribution in [0.15, 0.2) is 54.7 Å². The summed E-state index contributed by atoms with van der Waals surface area (Å²) in [5.41, 5.74) is 2.59. The molecule has 0 radical (unpaired) electrons. The van der Waals surface area contributed by atoms with Gasteiger partial charge in [-0.25, -0.2) is 4.98 Å². The van der Waals surface area contributed by atoms with Crippen LogP contribution in [-0.4, -0.2) is 9.55 Å². The van der Waals surface area contributed by atoms with Gasteiger partial charge in [-0.3, -0.25) is 4.57 Å². The topological polar surface area (TPSA) is 17.8 Å². The van der Waals surface area contributed by atoms with Crippen molar-refractivity contribution in [2.24, 2.45) is 0 Å². The summed E-state index contributed by atoms with van der Waals surface area (Å²) < 4.78 is 2.28. The van der Waals surface area contributed by atoms with Crippen LogP contribution >= 0.6 is 0 Å². The lowest BCUT2D eigenvalue weighted by atomic mass is 10.2. The summed E-state index contributed by atoms with van der Waals surface area (Å²) in [4.78, 5) is 4.50. The first kappa shape index (κ1) is 12.0. The van der Waals surface area contributed by atoms with Gasteiger partial charge in [-0.1, -0.05) is 37.6 Å². The normalized spacial score (nSPS) is 11.0. The van der Waals surface area contributed by atoms with E-state index >= 15 is 0 Å². The number of nitrogens with zero attached hydrogens (tertiary/aromatic N) is 2. The van der Waals surface area contributed by atoms with E-state index in [2.05, 4.69) is 52.9 Å². The maximum absolute atomic E-state index is 4.50. The van der Waals surface area contributed by atoms with Crippen LogP contribution in [-0.2, 0) is 6.42 Å². The van der Waals surface area contributed by atoms with Gasteiger partial charge in [0.15, 0.2) is 0 Å². The van der Waals surface area contributed by atoms with Crippen LogP contribution in [0.25, 0.3) is 16.7 Å². The van der Waals surface area contributed by atoms with E-state index in [-0.39, 0.29) is 0 Å². The van der Waals surface area contributed by atoms with Crippen LogP contribution < -0.4 is 0 Å². The quantitative estimate of drug-likeness (QED) is 0.672. The lowest BCUT2D eigenvalue weighted by molar-refractivity contribution is 0.760. The molecule has 3 aromatic rings. The number of hydrogen-bond acceptors (Lipinski definition) is 1. The van der Waals surface area contributed by atoms with E-state index in [1.54, 1.807) is 0 Å². The molecular formula is C17H18N2. The van der Waals surface area contributed by atoms with Crippen LogP contribution in [0.3, 0.4) is 0 Å². The van der Waals surface area contributed by atoms with Gasteiger partial charge in [0.2, 0.25) is 0 Å². The van der Waals surface area contributed by atoms with E-state index in [0.717, 1.165) is 12.2 Å². The van der Waals surface area contributed by atoms with E-state index in [1.165, 1.54) is 29.4 Å². The molecule has 19 heavy (non-hydrogen) atoms. The van der Waals surface area contributed by atoms with Gasteiger partial charge >= 0.3 is 0 Å². The zero-order chi connectivity index (χ0) is 13.1. The number of fused-ring (bicyclic) bond motifs is 1. The Bertz CT molecular complexity index is 668. The number of benzene rings is 1. The van der Waals surface area contributed by atoms with E-state index in [4.69, 9.17) is 0 Å². The largest absolute Gasteiger partial charge is 0.298 e. The fourth-order valence-corrected chi connectivity index (χ4v) is 2.51. The summed E-state index contributed by atoms with van der Waals surface area (Å²) in [5.74, 6) is 1.01. The summed E-state index contributed by atoms with van der Waals surface area (Å²) in [6.07, 6.45) is 5.38. The second-order valence-electron chi connectivity index (χ2n) is 4.82. The second-order valence-corrected chi connectivity index (χ2v) is 4.82. The van der Waals surface area contributed by atoms with Gasteiger partial charge in [-0.15, -0.1) is 0 Å². The molecule has 2 heterocycles. The molecule has 0 aliphatic heterocycles. The van der Waals surface area contributed by atoms with E-state index in [0.29, 0.717) is 0 Å². The average Bonchev–Trinajstić information content (AvgIpc) is 2.84. The van der Waals surface area contributed by atoms with Gasteiger partial charge in [-0.05, 0) is 37.1 Å². The summed E-state index contributed by atoms with van der Waals surface area (Å²) in [5, 5.41) is 1.29. The zero-order valence-electron chi connectivity index (χ0n) is 11.2. The van der Waals surface area contributed by atoms with Gasteiger partial charge < -0.3 is 0 Å². The third kappa shape index (κ3) is 2.26. The van der Waals surface area contributed by atoms with Crippen molar-refractivity contribution in [3.05, 3.63) is 60.4 Å². The Labute approximate surface area is 113 Å². The Morgan fingerprint density at radius 2 is 1.89 bits per heavy atom. The highest BCUT2D eigenvalue weighted by Crippen LogP contribution is 2.24. The third-order valence-corrected chi connectivity index (χ3v) is 3.45. The smallest absolute Gasteiger partial charge is 0.137 e. The van der Waals surface area contributed by atoms with Crippen LogP contribution in [0.5, 0.6) is 0 Å². The predicted molar refractivity (Wildman–Crippen MR) is 79.7 cm³/mol. The van der Waals surface area contributed by atoms with Crippen LogP contribution in [0.1, 0.15) is 25.5 Å². The van der Waals surface area contributed by atoms with E-state index in [1.807, 2.05) is 18.3 Å². The number of para-hydroxylation sites is 1. The van der Waals surface area contributed by atoms with Gasteiger partial charge in [0.25, 0.3) is 0 Å². The Hall–Kier alpha value is -2.09. The van der Waals surface area contributed by atoms with Crippen molar-refractivity contribution in [3.63, 3.8) is 0 Å². The summed E-state index contributed by atoms with van der Waals surface area (Å²) in [6, 6.07) is 16.9. The maximum atomic E-state index is 4.50. The molecule has 0 spiro atoms. The van der Waals surface area contributed by atoms with Crippen molar-refractivity contribution in [2.45, 2.75) is 26.2 Å². The number of unbranched alkanes of at least 4 members (excludes halogenated alkanes) is 1. The van der Waals surface area contributed by atoms with Crippen molar-refractivity contribution >= 4 is 10.9 Å². The first-order valence-corrected chi connectivity index (χ1v) is 6.91. The van der Waals surface area contributed by atoms with Gasteiger partial charge in [0.05, 0.1) is 5.52 Å². The molecule has 0 aliphatic carbocycles. The molecule has 1 aromatic carbocycles. The lowest BCUT2D eigenvalue weighted by Crippen LogP contribution is -2.01. The van der Waals surface area contributed by atoms with Crippen molar-refractivity contribution < 1.29 is 0 Å². The van der Waals surface area contributed by atoms with Crippen molar-refractivity contribution in [3.8, 4) is 5.82 Å². The van der Waals surface area contributed by atoms with E-state index in [9.17, 15) is 0 Å². The second kappa shape index (κ2) is 5.27. The Morgan fingerprint density at radius 3 is 2.68 bits per heavy atom. The summed E-state index contributed by atoms with van der Waals surface area (Å²) in [7, 11) is 0. The number of aromatic nitrogens is 2. The summed E-state index contributed by atoms with van der Waals surface area (Å²) >= 11 is 0. The van der Waals surface area contributed by atoms with Crippen LogP contribution in [0, 0.1) is 0 Å². The molecule has 0 saturated carbocycles. The molecule has 0 saturated heterocycles. The molecular weight excluding hydrogens is 232 g/mol. The minimum Gasteiger partial charge on any atom is -0.298 e. The van der Waals surface area contributed by atoms with Crippen LogP contribution in [0.4, 0.5) is 0 Å². The first-order valence-electron chi connectivity index (χ1n) is 6.91. The van der Waals surface area contributed by atoms with Crippen molar-refractivity contribution in [1.29, 1.82) is 0 Å². The molecule has 3 rings (SSSR count). The fraction of sp³-hybridized carbons (Fsp3) is 0.235. The Balaban J connectivity index is 2.19. The Kier molecular flexibility index (Phi) is 3.32. The molecule has 0 atom stereocenters. The molecule has 0 bridgehead atoms. The molecule has 0 aliphatic rings. The average molecular weight is 250 g/mol. The highest BCUT2D eigenvalue weighted by Gasteiger charge is 2.10. The standard InChI is InChI=1S/C17H18N2/c1-2-3-9-15-13-14-8-4-5-10-16(14)19(15)17-11-6-7-12-18-17/h4-8,10-13H,2-3,9H2,1H3. The predicted octanol–water partition coefficient (Wildman–Crippen LogP) is 4.37. The fourth-order valence-electron chi connectivity index (χ4n) is 2.51.